The fraction of sp³-hybridized carbons (Fsp3) is 0.700. The molecule has 0 saturated carbocycles. The number of hydrogen-bond donors (Lipinski definition) is 1. The molecule has 4 nitrogen and oxygen atoms in total. The Morgan fingerprint density at radius 3 is 2.93 bits per heavy atom. The van der Waals surface area contributed by atoms with E-state index in [2.05, 4.69) is 16.5 Å². The third-order valence-corrected chi connectivity index (χ3v) is 2.29. The summed E-state index contributed by atoms with van der Waals surface area (Å²) in [7, 11) is 5.63. The summed E-state index contributed by atoms with van der Waals surface area (Å²) >= 11 is 0. The lowest BCUT2D eigenvalue weighted by molar-refractivity contribution is 0.166. The van der Waals surface area contributed by atoms with Crippen LogP contribution in [0.3, 0.4) is 0 Å². The highest BCUT2D eigenvalue weighted by Crippen LogP contribution is 2.02. The zero-order valence-electron chi connectivity index (χ0n) is 9.16. The second-order valence-corrected chi connectivity index (χ2v) is 3.46. The number of methoxy groups -OCH3 is 1. The van der Waals surface area contributed by atoms with Crippen molar-refractivity contribution in [1.29, 1.82) is 0 Å². The van der Waals surface area contributed by atoms with E-state index in [0.29, 0.717) is 6.04 Å². The van der Waals surface area contributed by atoms with Gasteiger partial charge in [0.2, 0.25) is 0 Å². The number of likely N-dealkylation sites (N-methyl/N-ethyl adjacent to an activating group) is 1. The maximum Gasteiger partial charge on any atom is 0.0625 e. The second-order valence-electron chi connectivity index (χ2n) is 3.46. The molecule has 1 unspecified atom stereocenters. The molecule has 0 radical (unpaired) electrons. The molecule has 0 aliphatic carbocycles. The third-order valence-electron chi connectivity index (χ3n) is 2.29. The van der Waals surface area contributed by atoms with Gasteiger partial charge in [-0.2, -0.15) is 5.10 Å². The first-order valence-corrected chi connectivity index (χ1v) is 4.91. The molecule has 0 aromatic carbocycles. The quantitative estimate of drug-likeness (QED) is 0.725. The number of hydrogen-bond acceptors (Lipinski definition) is 3. The van der Waals surface area contributed by atoms with Crippen LogP contribution in [0, 0.1) is 0 Å². The van der Waals surface area contributed by atoms with Crippen molar-refractivity contribution in [3.8, 4) is 0 Å². The van der Waals surface area contributed by atoms with Crippen molar-refractivity contribution < 1.29 is 4.74 Å². The van der Waals surface area contributed by atoms with Gasteiger partial charge >= 0.3 is 0 Å². The highest BCUT2D eigenvalue weighted by atomic mass is 16.5. The molecule has 1 aromatic heterocycles. The van der Waals surface area contributed by atoms with Gasteiger partial charge in [-0.15, -0.1) is 0 Å². The second kappa shape index (κ2) is 5.78. The Labute approximate surface area is 85.3 Å². The van der Waals surface area contributed by atoms with Gasteiger partial charge in [0, 0.05) is 26.4 Å². The number of nitrogens with one attached hydrogen (secondary N) is 1. The van der Waals surface area contributed by atoms with Crippen LogP contribution in [-0.4, -0.2) is 36.6 Å². The zero-order chi connectivity index (χ0) is 10.4. The Kier molecular flexibility index (Phi) is 4.62. The van der Waals surface area contributed by atoms with Crippen molar-refractivity contribution >= 4 is 0 Å². The maximum absolute atomic E-state index is 5.10. The summed E-state index contributed by atoms with van der Waals surface area (Å²) in [6.45, 7) is 0.753. The first-order valence-electron chi connectivity index (χ1n) is 4.91. The van der Waals surface area contributed by atoms with Crippen molar-refractivity contribution in [3.05, 3.63) is 18.0 Å². The largest absolute Gasteiger partial charge is 0.383 e. The van der Waals surface area contributed by atoms with Crippen molar-refractivity contribution in [1.82, 2.24) is 15.1 Å². The van der Waals surface area contributed by atoms with Crippen LogP contribution in [-0.2, 0) is 18.2 Å². The molecular formula is C10H19N3O. The minimum atomic E-state index is 0.419. The maximum atomic E-state index is 5.10. The molecule has 1 aromatic rings. The normalized spacial score (nSPS) is 13.1. The molecule has 80 valence electrons. The molecule has 4 heteroatoms. The van der Waals surface area contributed by atoms with Gasteiger partial charge in [-0.05, 0) is 26.0 Å². The molecule has 0 aliphatic heterocycles. The molecule has 0 spiro atoms. The van der Waals surface area contributed by atoms with Crippen LogP contribution in [0.15, 0.2) is 12.3 Å². The zero-order valence-corrected chi connectivity index (χ0v) is 9.16. The summed E-state index contributed by atoms with van der Waals surface area (Å²) in [5.41, 5.74) is 1.14. The van der Waals surface area contributed by atoms with Gasteiger partial charge in [0.15, 0.2) is 0 Å². The highest BCUT2D eigenvalue weighted by Gasteiger charge is 2.06. The minimum Gasteiger partial charge on any atom is -0.383 e. The molecule has 1 N–H and O–H groups in total. The number of aryl methyl sites for hydroxylation is 2. The average molecular weight is 197 g/mol. The van der Waals surface area contributed by atoms with Crippen molar-refractivity contribution in [2.75, 3.05) is 20.8 Å². The number of nitrogens with zero attached hydrogens (tertiary/aromatic N) is 2. The Morgan fingerprint density at radius 2 is 2.43 bits per heavy atom. The van der Waals surface area contributed by atoms with E-state index in [1.807, 2.05) is 25.0 Å². The van der Waals surface area contributed by atoms with E-state index in [9.17, 15) is 0 Å². The van der Waals surface area contributed by atoms with E-state index >= 15 is 0 Å². The molecule has 0 fully saturated rings. The summed E-state index contributed by atoms with van der Waals surface area (Å²) in [6.07, 6.45) is 4.02. The first-order chi connectivity index (χ1) is 6.76. The van der Waals surface area contributed by atoms with E-state index in [0.717, 1.165) is 25.1 Å². The highest BCUT2D eigenvalue weighted by molar-refractivity contribution is 4.99. The fourth-order valence-corrected chi connectivity index (χ4v) is 1.43. The molecule has 0 amide bonds. The molecular weight excluding hydrogens is 178 g/mol. The van der Waals surface area contributed by atoms with E-state index in [1.165, 1.54) is 0 Å². The molecule has 0 aliphatic rings. The van der Waals surface area contributed by atoms with Gasteiger partial charge in [0.05, 0.1) is 12.3 Å². The van der Waals surface area contributed by atoms with Crippen LogP contribution in [0.5, 0.6) is 0 Å². The van der Waals surface area contributed by atoms with E-state index < -0.39 is 0 Å². The summed E-state index contributed by atoms with van der Waals surface area (Å²) in [4.78, 5) is 0. The lowest BCUT2D eigenvalue weighted by Crippen LogP contribution is -2.30. The Balaban J connectivity index is 2.31. The van der Waals surface area contributed by atoms with Gasteiger partial charge < -0.3 is 10.1 Å². The van der Waals surface area contributed by atoms with Crippen LogP contribution in [0.2, 0.25) is 0 Å². The van der Waals surface area contributed by atoms with E-state index in [-0.39, 0.29) is 0 Å². The van der Waals surface area contributed by atoms with E-state index in [4.69, 9.17) is 4.74 Å². The Hall–Kier alpha value is -0.870. The SMILES string of the molecule is CNC(CCc1ccn(C)n1)COC. The van der Waals surface area contributed by atoms with Crippen LogP contribution in [0.4, 0.5) is 0 Å². The fourth-order valence-electron chi connectivity index (χ4n) is 1.43. The Morgan fingerprint density at radius 1 is 1.64 bits per heavy atom. The van der Waals surface area contributed by atoms with Gasteiger partial charge in [0.1, 0.15) is 0 Å². The lowest BCUT2D eigenvalue weighted by atomic mass is 10.1. The van der Waals surface area contributed by atoms with Crippen LogP contribution >= 0.6 is 0 Å². The molecule has 1 rings (SSSR count). The summed E-state index contributed by atoms with van der Waals surface area (Å²) in [5, 5.41) is 7.55. The van der Waals surface area contributed by atoms with Crippen molar-refractivity contribution in [2.45, 2.75) is 18.9 Å². The molecule has 0 saturated heterocycles. The van der Waals surface area contributed by atoms with E-state index in [1.54, 1.807) is 7.11 Å². The average Bonchev–Trinajstić information content (AvgIpc) is 2.59. The minimum absolute atomic E-state index is 0.419. The van der Waals surface area contributed by atoms with Crippen molar-refractivity contribution in [3.63, 3.8) is 0 Å². The molecule has 0 bridgehead atoms. The van der Waals surface area contributed by atoms with Crippen molar-refractivity contribution in [2.24, 2.45) is 7.05 Å². The summed E-state index contributed by atoms with van der Waals surface area (Å²) in [5.74, 6) is 0. The standard InChI is InChI=1S/C10H19N3O/c1-11-10(8-14-3)5-4-9-6-7-13(2)12-9/h6-7,10-11H,4-5,8H2,1-3H3. The number of aromatic nitrogens is 2. The van der Waals surface area contributed by atoms with Crippen LogP contribution < -0.4 is 5.32 Å². The van der Waals surface area contributed by atoms with Gasteiger partial charge in [-0.25, -0.2) is 0 Å². The smallest absolute Gasteiger partial charge is 0.0625 e. The topological polar surface area (TPSA) is 39.1 Å². The van der Waals surface area contributed by atoms with Gasteiger partial charge in [0.25, 0.3) is 0 Å². The van der Waals surface area contributed by atoms with Gasteiger partial charge in [-0.1, -0.05) is 0 Å². The predicted molar refractivity (Wildman–Crippen MR) is 56.3 cm³/mol. The monoisotopic (exact) mass is 197 g/mol. The van der Waals surface area contributed by atoms with Gasteiger partial charge in [-0.3, -0.25) is 4.68 Å². The van der Waals surface area contributed by atoms with Crippen LogP contribution in [0.25, 0.3) is 0 Å². The number of ether oxygens (including phenoxy) is 1. The molecule has 14 heavy (non-hydrogen) atoms. The third kappa shape index (κ3) is 3.47. The lowest BCUT2D eigenvalue weighted by Gasteiger charge is -2.13. The molecule has 1 atom stereocenters. The Bertz CT molecular complexity index is 260. The van der Waals surface area contributed by atoms with Crippen LogP contribution in [0.1, 0.15) is 12.1 Å². The summed E-state index contributed by atoms with van der Waals surface area (Å²) < 4.78 is 6.93. The molecule has 1 heterocycles. The number of rotatable bonds is 6. The summed E-state index contributed by atoms with van der Waals surface area (Å²) in [6, 6.07) is 2.47. The first kappa shape index (κ1) is 11.2. The predicted octanol–water partition coefficient (Wildman–Crippen LogP) is 0.587.